The number of rotatable bonds is 1. The SMILES string of the molecule is CC(C)c1ccc2c(=O)ccn(C)c2c1. The number of hydrogen-bond donors (Lipinski definition) is 0. The van der Waals surface area contributed by atoms with Crippen molar-refractivity contribution in [1.29, 1.82) is 0 Å². The van der Waals surface area contributed by atoms with Crippen LogP contribution in [0.1, 0.15) is 25.3 Å². The lowest BCUT2D eigenvalue weighted by molar-refractivity contribution is 0.864. The molecule has 0 fully saturated rings. The molecular formula is C13H15NO. The molecule has 0 aliphatic rings. The molecule has 2 rings (SSSR count). The normalized spacial score (nSPS) is 11.2. The van der Waals surface area contributed by atoms with E-state index in [9.17, 15) is 4.79 Å². The van der Waals surface area contributed by atoms with Gasteiger partial charge in [0.05, 0.1) is 5.52 Å². The van der Waals surface area contributed by atoms with Crippen LogP contribution in [0.2, 0.25) is 0 Å². The van der Waals surface area contributed by atoms with Gasteiger partial charge in [-0.2, -0.15) is 0 Å². The summed E-state index contributed by atoms with van der Waals surface area (Å²) in [6.45, 7) is 4.31. The van der Waals surface area contributed by atoms with Crippen molar-refractivity contribution in [3.05, 3.63) is 46.2 Å². The van der Waals surface area contributed by atoms with Gasteiger partial charge >= 0.3 is 0 Å². The largest absolute Gasteiger partial charge is 0.350 e. The lowest BCUT2D eigenvalue weighted by atomic mass is 10.0. The summed E-state index contributed by atoms with van der Waals surface area (Å²) >= 11 is 0. The Bertz CT molecular complexity index is 552. The van der Waals surface area contributed by atoms with E-state index in [1.165, 1.54) is 5.56 Å². The number of fused-ring (bicyclic) bond motifs is 1. The van der Waals surface area contributed by atoms with Gasteiger partial charge in [0.15, 0.2) is 5.43 Å². The second kappa shape index (κ2) is 3.54. The molecule has 0 N–H and O–H groups in total. The van der Waals surface area contributed by atoms with Gasteiger partial charge < -0.3 is 4.57 Å². The van der Waals surface area contributed by atoms with Crippen LogP contribution in [-0.2, 0) is 7.05 Å². The van der Waals surface area contributed by atoms with Crippen LogP contribution in [0.5, 0.6) is 0 Å². The van der Waals surface area contributed by atoms with E-state index in [1.54, 1.807) is 6.07 Å². The van der Waals surface area contributed by atoms with E-state index >= 15 is 0 Å². The van der Waals surface area contributed by atoms with Crippen LogP contribution >= 0.6 is 0 Å². The van der Waals surface area contributed by atoms with Crippen LogP contribution in [-0.4, -0.2) is 4.57 Å². The molecule has 15 heavy (non-hydrogen) atoms. The number of aryl methyl sites for hydroxylation is 1. The Morgan fingerprint density at radius 1 is 1.20 bits per heavy atom. The number of nitrogens with zero attached hydrogens (tertiary/aromatic N) is 1. The van der Waals surface area contributed by atoms with Gasteiger partial charge in [0.25, 0.3) is 0 Å². The van der Waals surface area contributed by atoms with E-state index in [2.05, 4.69) is 19.9 Å². The third kappa shape index (κ3) is 1.67. The fourth-order valence-corrected chi connectivity index (χ4v) is 1.76. The molecule has 0 saturated heterocycles. The Hall–Kier alpha value is -1.57. The number of benzene rings is 1. The summed E-state index contributed by atoms with van der Waals surface area (Å²) in [5.41, 5.74) is 2.37. The Labute approximate surface area is 89.2 Å². The van der Waals surface area contributed by atoms with Crippen molar-refractivity contribution in [2.45, 2.75) is 19.8 Å². The van der Waals surface area contributed by atoms with E-state index in [1.807, 2.05) is 29.9 Å². The molecule has 2 nitrogen and oxygen atoms in total. The molecule has 0 saturated carbocycles. The average Bonchev–Trinajstić information content (AvgIpc) is 2.23. The van der Waals surface area contributed by atoms with Crippen molar-refractivity contribution in [2.24, 2.45) is 7.05 Å². The van der Waals surface area contributed by atoms with Gasteiger partial charge in [0.2, 0.25) is 0 Å². The van der Waals surface area contributed by atoms with Gasteiger partial charge in [-0.05, 0) is 23.6 Å². The van der Waals surface area contributed by atoms with E-state index in [0.29, 0.717) is 5.92 Å². The zero-order chi connectivity index (χ0) is 11.0. The first-order chi connectivity index (χ1) is 7.09. The molecule has 1 aromatic heterocycles. The minimum Gasteiger partial charge on any atom is -0.350 e. The Kier molecular flexibility index (Phi) is 2.35. The van der Waals surface area contributed by atoms with E-state index in [-0.39, 0.29) is 5.43 Å². The van der Waals surface area contributed by atoms with Gasteiger partial charge in [0.1, 0.15) is 0 Å². The summed E-state index contributed by atoms with van der Waals surface area (Å²) in [6.07, 6.45) is 1.81. The molecule has 0 unspecified atom stereocenters. The number of aromatic nitrogens is 1. The maximum atomic E-state index is 11.6. The van der Waals surface area contributed by atoms with Crippen molar-refractivity contribution < 1.29 is 0 Å². The predicted molar refractivity (Wildman–Crippen MR) is 63.3 cm³/mol. The third-order valence-electron chi connectivity index (χ3n) is 2.78. The number of pyridine rings is 1. The molecule has 2 aromatic rings. The van der Waals surface area contributed by atoms with Gasteiger partial charge in [0, 0.05) is 24.7 Å². The Balaban J connectivity index is 2.81. The Morgan fingerprint density at radius 3 is 2.60 bits per heavy atom. The topological polar surface area (TPSA) is 22.0 Å². The second-order valence-electron chi connectivity index (χ2n) is 4.22. The first-order valence-corrected chi connectivity index (χ1v) is 5.19. The fourth-order valence-electron chi connectivity index (χ4n) is 1.76. The van der Waals surface area contributed by atoms with Crippen LogP contribution in [0.4, 0.5) is 0 Å². The highest BCUT2D eigenvalue weighted by Gasteiger charge is 2.04. The zero-order valence-corrected chi connectivity index (χ0v) is 9.32. The first kappa shape index (κ1) is 9.97. The molecule has 1 heterocycles. The van der Waals surface area contributed by atoms with Gasteiger partial charge in [-0.15, -0.1) is 0 Å². The van der Waals surface area contributed by atoms with Crippen LogP contribution < -0.4 is 5.43 Å². The van der Waals surface area contributed by atoms with E-state index in [4.69, 9.17) is 0 Å². The lowest BCUT2D eigenvalue weighted by Gasteiger charge is -2.09. The van der Waals surface area contributed by atoms with E-state index < -0.39 is 0 Å². The molecule has 0 radical (unpaired) electrons. The van der Waals surface area contributed by atoms with Crippen molar-refractivity contribution >= 4 is 10.9 Å². The quantitative estimate of drug-likeness (QED) is 0.695. The van der Waals surface area contributed by atoms with Crippen LogP contribution in [0.3, 0.4) is 0 Å². The van der Waals surface area contributed by atoms with Crippen LogP contribution in [0.25, 0.3) is 10.9 Å². The van der Waals surface area contributed by atoms with Gasteiger partial charge in [-0.25, -0.2) is 0 Å². The number of hydrogen-bond acceptors (Lipinski definition) is 1. The molecule has 78 valence electrons. The summed E-state index contributed by atoms with van der Waals surface area (Å²) in [4.78, 5) is 11.6. The summed E-state index contributed by atoms with van der Waals surface area (Å²) < 4.78 is 1.99. The molecular weight excluding hydrogens is 186 g/mol. The predicted octanol–water partition coefficient (Wildman–Crippen LogP) is 2.66. The minimum absolute atomic E-state index is 0.0957. The van der Waals surface area contributed by atoms with Crippen LogP contribution in [0, 0.1) is 0 Å². The molecule has 0 bridgehead atoms. The van der Waals surface area contributed by atoms with Crippen molar-refractivity contribution in [3.63, 3.8) is 0 Å². The molecule has 0 aliphatic carbocycles. The molecule has 0 atom stereocenters. The second-order valence-corrected chi connectivity index (χ2v) is 4.22. The summed E-state index contributed by atoms with van der Waals surface area (Å²) in [5, 5.41) is 0.796. The van der Waals surface area contributed by atoms with Crippen molar-refractivity contribution in [1.82, 2.24) is 4.57 Å². The highest BCUT2D eigenvalue weighted by Crippen LogP contribution is 2.18. The highest BCUT2D eigenvalue weighted by atomic mass is 16.1. The summed E-state index contributed by atoms with van der Waals surface area (Å²) in [6, 6.07) is 7.67. The van der Waals surface area contributed by atoms with Crippen molar-refractivity contribution in [3.8, 4) is 0 Å². The molecule has 1 aromatic carbocycles. The maximum Gasteiger partial charge on any atom is 0.189 e. The maximum absolute atomic E-state index is 11.6. The minimum atomic E-state index is 0.0957. The van der Waals surface area contributed by atoms with E-state index in [0.717, 1.165) is 10.9 Å². The van der Waals surface area contributed by atoms with Gasteiger partial charge in [-0.3, -0.25) is 4.79 Å². The fraction of sp³-hybridized carbons (Fsp3) is 0.308. The zero-order valence-electron chi connectivity index (χ0n) is 9.32. The monoisotopic (exact) mass is 201 g/mol. The third-order valence-corrected chi connectivity index (χ3v) is 2.78. The molecule has 0 aliphatic heterocycles. The summed E-state index contributed by atoms with van der Waals surface area (Å²) in [7, 11) is 1.96. The molecule has 0 amide bonds. The lowest BCUT2D eigenvalue weighted by Crippen LogP contribution is -2.05. The van der Waals surface area contributed by atoms with Crippen molar-refractivity contribution in [2.75, 3.05) is 0 Å². The van der Waals surface area contributed by atoms with Gasteiger partial charge in [-0.1, -0.05) is 19.9 Å². The molecule has 0 spiro atoms. The standard InChI is InChI=1S/C13H15NO/c1-9(2)10-4-5-11-12(8-10)14(3)7-6-13(11)15/h4-9H,1-3H3. The first-order valence-electron chi connectivity index (χ1n) is 5.19. The average molecular weight is 201 g/mol. The highest BCUT2D eigenvalue weighted by molar-refractivity contribution is 5.79. The molecule has 2 heteroatoms. The summed E-state index contributed by atoms with van der Waals surface area (Å²) in [5.74, 6) is 0.490. The van der Waals surface area contributed by atoms with Crippen LogP contribution in [0.15, 0.2) is 35.3 Å². The smallest absolute Gasteiger partial charge is 0.189 e. The Morgan fingerprint density at radius 2 is 1.93 bits per heavy atom.